The van der Waals surface area contributed by atoms with E-state index in [0.717, 1.165) is 22.5 Å². The van der Waals surface area contributed by atoms with E-state index in [1.165, 1.54) is 11.8 Å². The fourth-order valence-corrected chi connectivity index (χ4v) is 4.74. The van der Waals surface area contributed by atoms with Crippen molar-refractivity contribution in [2.24, 2.45) is 4.99 Å². The smallest absolute Gasteiger partial charge is 0.335 e. The van der Waals surface area contributed by atoms with Gasteiger partial charge in [-0.15, -0.1) is 0 Å². The Morgan fingerprint density at radius 1 is 0.865 bits per heavy atom. The summed E-state index contributed by atoms with van der Waals surface area (Å²) in [6.07, 6.45) is 1.82. The maximum absolute atomic E-state index is 13.6. The van der Waals surface area contributed by atoms with Crippen molar-refractivity contribution in [1.82, 2.24) is 0 Å². The largest absolute Gasteiger partial charge is 0.488 e. The highest BCUT2D eigenvalue weighted by Crippen LogP contribution is 2.38. The second-order valence-electron chi connectivity index (χ2n) is 8.15. The van der Waals surface area contributed by atoms with Gasteiger partial charge in [0.1, 0.15) is 12.4 Å². The molecule has 37 heavy (non-hydrogen) atoms. The third kappa shape index (κ3) is 5.63. The zero-order valence-electron chi connectivity index (χ0n) is 19.7. The first kappa shape index (κ1) is 24.1. The first-order valence-electron chi connectivity index (χ1n) is 11.6. The van der Waals surface area contributed by atoms with Gasteiger partial charge >= 0.3 is 5.97 Å². The van der Waals surface area contributed by atoms with E-state index < -0.39 is 5.97 Å². The molecule has 0 radical (unpaired) electrons. The number of aromatic carboxylic acids is 1. The molecule has 6 nitrogen and oxygen atoms in total. The molecule has 4 aromatic carbocycles. The van der Waals surface area contributed by atoms with Gasteiger partial charge in [0.2, 0.25) is 0 Å². The molecule has 0 unspecified atom stereocenters. The zero-order valence-corrected chi connectivity index (χ0v) is 20.5. The Hall–Kier alpha value is -4.62. The molecule has 0 aliphatic carbocycles. The molecule has 1 amide bonds. The number of ether oxygens (including phenoxy) is 1. The summed E-state index contributed by atoms with van der Waals surface area (Å²) in [6, 6.07) is 33.0. The van der Waals surface area contributed by atoms with E-state index in [9.17, 15) is 9.59 Å². The molecule has 5 rings (SSSR count). The molecule has 1 aliphatic heterocycles. The maximum Gasteiger partial charge on any atom is 0.335 e. The topological polar surface area (TPSA) is 79.2 Å². The van der Waals surface area contributed by atoms with Crippen LogP contribution in [0.1, 0.15) is 21.5 Å². The average molecular weight is 507 g/mol. The average Bonchev–Trinajstić information content (AvgIpc) is 3.23. The van der Waals surface area contributed by atoms with E-state index in [4.69, 9.17) is 14.8 Å². The van der Waals surface area contributed by atoms with E-state index in [0.29, 0.717) is 15.8 Å². The second-order valence-corrected chi connectivity index (χ2v) is 9.15. The first-order chi connectivity index (χ1) is 18.1. The van der Waals surface area contributed by atoms with E-state index >= 15 is 0 Å². The molecular formula is C30H22N2O4S. The van der Waals surface area contributed by atoms with Crippen LogP contribution in [0.4, 0.5) is 11.4 Å². The lowest BCUT2D eigenvalue weighted by molar-refractivity contribution is -0.113. The van der Waals surface area contributed by atoms with Gasteiger partial charge < -0.3 is 9.84 Å². The Kier molecular flexibility index (Phi) is 7.14. The van der Waals surface area contributed by atoms with E-state index in [1.54, 1.807) is 29.2 Å². The summed E-state index contributed by atoms with van der Waals surface area (Å²) in [5, 5.41) is 9.67. The number of carbonyl (C=O) groups is 2. The summed E-state index contributed by atoms with van der Waals surface area (Å²) < 4.78 is 6.05. The van der Waals surface area contributed by atoms with Gasteiger partial charge in [0, 0.05) is 5.56 Å². The molecule has 0 spiro atoms. The lowest BCUT2D eigenvalue weighted by atomic mass is 10.1. The quantitative estimate of drug-likeness (QED) is 0.280. The third-order valence-corrected chi connectivity index (χ3v) is 6.57. The predicted octanol–water partition coefficient (Wildman–Crippen LogP) is 6.77. The van der Waals surface area contributed by atoms with Crippen molar-refractivity contribution >= 4 is 46.3 Å². The molecule has 0 aromatic heterocycles. The number of nitrogens with zero attached hydrogens (tertiary/aromatic N) is 2. The van der Waals surface area contributed by atoms with Crippen LogP contribution in [0.15, 0.2) is 119 Å². The first-order valence-corrected chi connectivity index (χ1v) is 12.4. The van der Waals surface area contributed by atoms with Gasteiger partial charge in [0.25, 0.3) is 5.91 Å². The molecule has 182 valence electrons. The summed E-state index contributed by atoms with van der Waals surface area (Å²) in [6.45, 7) is 0.262. The molecule has 7 heteroatoms. The number of carbonyl (C=O) groups excluding carboxylic acids is 1. The van der Waals surface area contributed by atoms with E-state index in [-0.39, 0.29) is 18.1 Å². The van der Waals surface area contributed by atoms with Crippen LogP contribution in [0.3, 0.4) is 0 Å². The second kappa shape index (κ2) is 11.0. The molecule has 4 aromatic rings. The van der Waals surface area contributed by atoms with Crippen LogP contribution >= 0.6 is 11.8 Å². The highest BCUT2D eigenvalue weighted by molar-refractivity contribution is 8.19. The Morgan fingerprint density at radius 3 is 2.22 bits per heavy atom. The van der Waals surface area contributed by atoms with Gasteiger partial charge in [-0.2, -0.15) is 0 Å². The highest BCUT2D eigenvalue weighted by Gasteiger charge is 2.34. The number of hydrogen-bond donors (Lipinski definition) is 1. The molecule has 1 saturated heterocycles. The van der Waals surface area contributed by atoms with Gasteiger partial charge in [-0.1, -0.05) is 66.7 Å². The number of carboxylic acids is 1. The van der Waals surface area contributed by atoms with Crippen molar-refractivity contribution in [3.63, 3.8) is 0 Å². The number of thioether (sulfide) groups is 1. The SMILES string of the molecule is O=C(O)c1ccc(COc2ccccc2/C=C2\SC(=Nc3ccccc3)N(c3ccccc3)C2=O)cc1. The number of benzene rings is 4. The molecule has 1 aliphatic rings. The van der Waals surface area contributed by atoms with Crippen molar-refractivity contribution in [2.75, 3.05) is 4.90 Å². The van der Waals surface area contributed by atoms with Crippen molar-refractivity contribution < 1.29 is 19.4 Å². The Morgan fingerprint density at radius 2 is 1.51 bits per heavy atom. The van der Waals surface area contributed by atoms with Gasteiger partial charge in [-0.05, 0) is 65.9 Å². The minimum atomic E-state index is -0.970. The van der Waals surface area contributed by atoms with E-state index in [2.05, 4.69) is 0 Å². The summed E-state index contributed by atoms with van der Waals surface area (Å²) in [4.78, 5) is 31.5. The van der Waals surface area contributed by atoms with Crippen LogP contribution in [-0.2, 0) is 11.4 Å². The Bertz CT molecular complexity index is 1480. The summed E-state index contributed by atoms with van der Waals surface area (Å²) >= 11 is 1.32. The van der Waals surface area contributed by atoms with Crippen molar-refractivity contribution in [2.45, 2.75) is 6.61 Å². The Labute approximate surface area is 218 Å². The van der Waals surface area contributed by atoms with Crippen LogP contribution in [0, 0.1) is 0 Å². The zero-order chi connectivity index (χ0) is 25.6. The highest BCUT2D eigenvalue weighted by atomic mass is 32.2. The van der Waals surface area contributed by atoms with Crippen LogP contribution in [-0.4, -0.2) is 22.2 Å². The number of hydrogen-bond acceptors (Lipinski definition) is 5. The minimum Gasteiger partial charge on any atom is -0.488 e. The fourth-order valence-electron chi connectivity index (χ4n) is 3.74. The van der Waals surface area contributed by atoms with Gasteiger partial charge in [-0.3, -0.25) is 9.69 Å². The van der Waals surface area contributed by atoms with Gasteiger partial charge in [-0.25, -0.2) is 9.79 Å². The molecular weight excluding hydrogens is 484 g/mol. The van der Waals surface area contributed by atoms with Crippen LogP contribution < -0.4 is 9.64 Å². The number of amidine groups is 1. The number of anilines is 1. The molecule has 0 atom stereocenters. The number of carboxylic acid groups (broad SMARTS) is 1. The third-order valence-electron chi connectivity index (χ3n) is 5.60. The fraction of sp³-hybridized carbons (Fsp3) is 0.0333. The molecule has 0 saturated carbocycles. The van der Waals surface area contributed by atoms with Crippen molar-refractivity contribution in [3.05, 3.63) is 131 Å². The van der Waals surface area contributed by atoms with Crippen LogP contribution in [0.25, 0.3) is 6.08 Å². The Balaban J connectivity index is 1.43. The number of para-hydroxylation sites is 3. The van der Waals surface area contributed by atoms with Gasteiger partial charge in [0.15, 0.2) is 5.17 Å². The van der Waals surface area contributed by atoms with Crippen LogP contribution in [0.5, 0.6) is 5.75 Å². The molecule has 1 N–H and O–H groups in total. The number of rotatable bonds is 7. The number of aliphatic imine (C=N–C) groups is 1. The molecule has 0 bridgehead atoms. The number of amides is 1. The molecule has 1 fully saturated rings. The van der Waals surface area contributed by atoms with Crippen LogP contribution in [0.2, 0.25) is 0 Å². The summed E-state index contributed by atoms with van der Waals surface area (Å²) in [5.41, 5.74) is 3.33. The monoisotopic (exact) mass is 506 g/mol. The lowest BCUT2D eigenvalue weighted by Crippen LogP contribution is -2.28. The lowest BCUT2D eigenvalue weighted by Gasteiger charge is -2.15. The van der Waals surface area contributed by atoms with E-state index in [1.807, 2.05) is 91.0 Å². The molecule has 1 heterocycles. The summed E-state index contributed by atoms with van der Waals surface area (Å²) in [5.74, 6) is -0.516. The summed E-state index contributed by atoms with van der Waals surface area (Å²) in [7, 11) is 0. The minimum absolute atomic E-state index is 0.162. The van der Waals surface area contributed by atoms with Gasteiger partial charge in [0.05, 0.1) is 21.8 Å². The standard InChI is InChI=1S/C30H22N2O4S/c33-28-27(37-30(31-24-10-3-1-4-11-24)32(28)25-12-5-2-6-13-25)19-23-9-7-8-14-26(23)36-20-21-15-17-22(18-16-21)29(34)35/h1-19H,20H2,(H,34,35)/b27-19-,31-30?. The van der Waals surface area contributed by atoms with Crippen molar-refractivity contribution in [3.8, 4) is 5.75 Å². The normalized spacial score (nSPS) is 15.4. The maximum atomic E-state index is 13.6. The van der Waals surface area contributed by atoms with Crippen molar-refractivity contribution in [1.29, 1.82) is 0 Å². The predicted molar refractivity (Wildman–Crippen MR) is 147 cm³/mol.